The van der Waals surface area contributed by atoms with E-state index in [9.17, 15) is 28.8 Å². The van der Waals surface area contributed by atoms with E-state index in [2.05, 4.69) is 29.9 Å². The van der Waals surface area contributed by atoms with Crippen LogP contribution in [-0.2, 0) is 28.1 Å². The topological polar surface area (TPSA) is 396 Å². The van der Waals surface area contributed by atoms with Gasteiger partial charge in [0.1, 0.15) is 0 Å². The second kappa shape index (κ2) is 32.9. The fraction of sp³-hybridized carbons (Fsp3) is 0.0270. The van der Waals surface area contributed by atoms with Crippen LogP contribution in [0.1, 0.15) is 69.6 Å². The number of carbonyl (C=O) groups is 6. The summed E-state index contributed by atoms with van der Waals surface area (Å²) in [6.07, 6.45) is 8.05. The Morgan fingerprint density at radius 1 is 0.369 bits per heavy atom. The molecule has 0 aliphatic rings. The molecule has 0 aliphatic heterocycles. The van der Waals surface area contributed by atoms with Gasteiger partial charge in [0.05, 0.1) is 67.5 Å². The van der Waals surface area contributed by atoms with Crippen LogP contribution in [0.15, 0.2) is 110 Å². The Morgan fingerprint density at radius 3 is 0.569 bits per heavy atom. The molecule has 6 rings (SSSR count). The first kappa shape index (κ1) is 63.6. The number of hydrogen-bond acceptors (Lipinski definition) is 12. The van der Waals surface area contributed by atoms with Gasteiger partial charge in [0.25, 0.3) is 0 Å². The Hall–Kier alpha value is -5.70. The van der Waals surface area contributed by atoms with Crippen molar-refractivity contribution in [1.82, 2.24) is 29.9 Å². The average Bonchev–Trinajstić information content (AvgIpc) is 3.24. The molecule has 0 spiro atoms. The number of aromatic nitrogens is 6. The third-order valence-electron chi connectivity index (χ3n) is 6.83. The standard InChI is InChI=1S/3C12H8N2O4.CH4.5ClH.3H2O.2Ru/c3*15-11(16)7-1-3-13-9(5-7)10-6-8(12(17)18)2-4-14-10;;;;;;;;;;;/h3*1-6H,(H,15,16)(H,17,18);1H4;5*1H;3*1H2;;/q;;;;;;;;;;;;+2;+3/p-5. The van der Waals surface area contributed by atoms with Crippen LogP contribution in [0.3, 0.4) is 0 Å². The van der Waals surface area contributed by atoms with Gasteiger partial charge >= 0.3 is 112 Å². The van der Waals surface area contributed by atoms with Gasteiger partial charge in [0.2, 0.25) is 0 Å². The fourth-order valence-electron chi connectivity index (χ4n) is 4.22. The van der Waals surface area contributed by atoms with Crippen molar-refractivity contribution in [2.24, 2.45) is 0 Å². The summed E-state index contributed by atoms with van der Waals surface area (Å²) in [5.74, 6) is -6.46. The number of pyridine rings is 6. The summed E-state index contributed by atoms with van der Waals surface area (Å²) >= 11 is -2.10. The second-order valence-corrected chi connectivity index (χ2v) is 21.2. The summed E-state index contributed by atoms with van der Waals surface area (Å²) in [5.41, 5.74) is 2.34. The van der Waals surface area contributed by atoms with Gasteiger partial charge in [-0.2, -0.15) is 0 Å². The van der Waals surface area contributed by atoms with Crippen molar-refractivity contribution in [3.8, 4) is 34.2 Å². The van der Waals surface area contributed by atoms with Crippen LogP contribution < -0.4 is 0 Å². The van der Waals surface area contributed by atoms with Crippen LogP contribution in [0.5, 0.6) is 0 Å². The molecule has 6 aromatic rings. The Labute approximate surface area is 400 Å². The van der Waals surface area contributed by atoms with E-state index >= 15 is 0 Å². The zero-order valence-electron chi connectivity index (χ0n) is 31.3. The predicted octanol–water partition coefficient (Wildman–Crippen LogP) is 6.22. The fourth-order valence-corrected chi connectivity index (χ4v) is 4.22. The first-order valence-electron chi connectivity index (χ1n) is 15.6. The number of carboxylic acid groups (broad SMARTS) is 6. The van der Waals surface area contributed by atoms with Crippen LogP contribution in [0.25, 0.3) is 34.2 Å². The Kier molecular flexibility index (Phi) is 32.2. The molecule has 0 saturated heterocycles. The molecule has 0 atom stereocenters. The molecular weight excluding hydrogens is 1150 g/mol. The molecule has 12 N–H and O–H groups in total. The Morgan fingerprint density at radius 2 is 0.477 bits per heavy atom. The van der Waals surface area contributed by atoms with E-state index in [-0.39, 0.29) is 72.4 Å². The minimum absolute atomic E-state index is 0. The molecule has 6 heterocycles. The van der Waals surface area contributed by atoms with Gasteiger partial charge in [-0.1, -0.05) is 7.43 Å². The molecule has 6 aromatic heterocycles. The molecule has 0 aliphatic carbocycles. The van der Waals surface area contributed by atoms with Crippen LogP contribution >= 0.6 is 48.5 Å². The van der Waals surface area contributed by atoms with Crippen molar-refractivity contribution < 1.29 is 104 Å². The first-order chi connectivity index (χ1) is 28.9. The monoisotopic (exact) mass is 1180 g/mol. The molecule has 21 nitrogen and oxygen atoms in total. The van der Waals surface area contributed by atoms with Crippen LogP contribution in [0.4, 0.5) is 0 Å². The molecular formula is C37H34Cl5N6O15Ru2. The van der Waals surface area contributed by atoms with Crippen LogP contribution in [0, 0.1) is 0 Å². The number of nitrogens with zero attached hydrogens (tertiary/aromatic N) is 6. The third-order valence-corrected chi connectivity index (χ3v) is 6.83. The molecule has 0 saturated carbocycles. The van der Waals surface area contributed by atoms with Gasteiger partial charge < -0.3 is 47.1 Å². The van der Waals surface area contributed by atoms with E-state index < -0.39 is 48.8 Å². The number of rotatable bonds is 9. The molecule has 28 heteroatoms. The van der Waals surface area contributed by atoms with Gasteiger partial charge in [-0.05, 0) is 72.8 Å². The van der Waals surface area contributed by atoms with E-state index in [1.807, 2.05) is 0 Å². The normalized spacial score (nSPS) is 9.34. The summed E-state index contributed by atoms with van der Waals surface area (Å²) in [5, 5.41) is 53.1. The van der Waals surface area contributed by atoms with E-state index in [1.165, 1.54) is 110 Å². The van der Waals surface area contributed by atoms with Gasteiger partial charge in [0.15, 0.2) is 0 Å². The average molecular weight is 1180 g/mol. The molecule has 0 bridgehead atoms. The molecule has 0 amide bonds. The summed E-state index contributed by atoms with van der Waals surface area (Å²) < 4.78 is 0. The molecule has 0 aromatic carbocycles. The molecule has 0 fully saturated rings. The van der Waals surface area contributed by atoms with Gasteiger partial charge in [-0.25, -0.2) is 28.8 Å². The molecule has 353 valence electrons. The van der Waals surface area contributed by atoms with Crippen molar-refractivity contribution >= 4 is 84.3 Å². The summed E-state index contributed by atoms with van der Waals surface area (Å²) in [6.45, 7) is 0. The Bertz CT molecular complexity index is 2080. The van der Waals surface area contributed by atoms with E-state index in [4.69, 9.17) is 79.1 Å². The summed E-state index contributed by atoms with van der Waals surface area (Å²) in [6, 6.07) is 16.2. The number of halogens is 5. The predicted molar refractivity (Wildman–Crippen MR) is 231 cm³/mol. The SMILES string of the molecule is C.O.O.O.O=C(O)c1ccnc(-c2cc(C(=O)O)ccn2)c1.O=C(O)c1ccnc(-c2cc(C(=O)O)ccn2)c1.O=C(O)c1ccnc(-c2cc(C(=O)O)ccn2)c1.[Cl][Ru]([Cl])[Cl].[Cl][Ru][Cl]. The van der Waals surface area contributed by atoms with Crippen molar-refractivity contribution in [2.45, 2.75) is 7.43 Å². The maximum absolute atomic E-state index is 10.8. The second-order valence-electron chi connectivity index (χ2n) is 10.6. The van der Waals surface area contributed by atoms with E-state index in [0.29, 0.717) is 34.2 Å². The van der Waals surface area contributed by atoms with Gasteiger partial charge in [0, 0.05) is 37.2 Å². The summed E-state index contributed by atoms with van der Waals surface area (Å²) in [4.78, 5) is 88.7. The van der Waals surface area contributed by atoms with Crippen LogP contribution in [-0.4, -0.2) is 113 Å². The zero-order chi connectivity index (χ0) is 45.6. The maximum atomic E-state index is 10.8. The quantitative estimate of drug-likeness (QED) is 0.0874. The van der Waals surface area contributed by atoms with E-state index in [1.54, 1.807) is 0 Å². The third kappa shape index (κ3) is 22.7. The molecule has 65 heavy (non-hydrogen) atoms. The Balaban J connectivity index is -0.000000802. The van der Waals surface area contributed by atoms with Crippen molar-refractivity contribution in [3.05, 3.63) is 143 Å². The number of hydrogen-bond donors (Lipinski definition) is 6. The van der Waals surface area contributed by atoms with Gasteiger partial charge in [-0.3, -0.25) is 29.9 Å². The van der Waals surface area contributed by atoms with E-state index in [0.717, 1.165) is 0 Å². The number of carboxylic acids is 6. The first-order valence-corrected chi connectivity index (χ1v) is 26.8. The molecule has 0 unspecified atom stereocenters. The van der Waals surface area contributed by atoms with Crippen LogP contribution in [0.2, 0.25) is 0 Å². The summed E-state index contributed by atoms with van der Waals surface area (Å²) in [7, 11) is 24.6. The van der Waals surface area contributed by atoms with Gasteiger partial charge in [-0.15, -0.1) is 0 Å². The zero-order valence-corrected chi connectivity index (χ0v) is 38.6. The van der Waals surface area contributed by atoms with Crippen molar-refractivity contribution in [2.75, 3.05) is 0 Å². The number of aromatic carboxylic acids is 6. The minimum atomic E-state index is -1.75. The van der Waals surface area contributed by atoms with Crippen molar-refractivity contribution in [3.63, 3.8) is 0 Å². The molecule has 0 radical (unpaired) electrons. The van der Waals surface area contributed by atoms with Crippen molar-refractivity contribution in [1.29, 1.82) is 0 Å².